The van der Waals surface area contributed by atoms with Gasteiger partial charge in [0.25, 0.3) is 0 Å². The van der Waals surface area contributed by atoms with Crippen molar-refractivity contribution in [3.8, 4) is 5.75 Å². The number of rotatable bonds is 12. The van der Waals surface area contributed by atoms with E-state index in [2.05, 4.69) is 4.90 Å². The van der Waals surface area contributed by atoms with Gasteiger partial charge in [0.2, 0.25) is 10.0 Å². The van der Waals surface area contributed by atoms with E-state index >= 15 is 0 Å². The summed E-state index contributed by atoms with van der Waals surface area (Å²) in [7, 11) is -4.23. The van der Waals surface area contributed by atoms with Crippen LogP contribution in [-0.4, -0.2) is 74.2 Å². The number of carboxylic acids is 1. The topological polar surface area (TPSA) is 96.4 Å². The lowest BCUT2D eigenvalue weighted by molar-refractivity contribution is -0.142. The lowest BCUT2D eigenvalue weighted by Gasteiger charge is -2.29. The van der Waals surface area contributed by atoms with E-state index in [0.717, 1.165) is 17.4 Å². The summed E-state index contributed by atoms with van der Waals surface area (Å²) in [4.78, 5) is 14.2. The van der Waals surface area contributed by atoms with Gasteiger partial charge in [-0.3, -0.25) is 9.69 Å². The monoisotopic (exact) mass is 542 g/mol. The van der Waals surface area contributed by atoms with Gasteiger partial charge in [-0.05, 0) is 54.3 Å². The molecule has 1 fully saturated rings. The molecule has 0 unspecified atom stereocenters. The van der Waals surface area contributed by atoms with Gasteiger partial charge in [0.05, 0.1) is 18.1 Å². The van der Waals surface area contributed by atoms with Gasteiger partial charge >= 0.3 is 5.97 Å². The second kappa shape index (κ2) is 12.8. The highest BCUT2D eigenvalue weighted by Gasteiger charge is 2.36. The smallest absolute Gasteiger partial charge is 0.322 e. The second-order valence-electron chi connectivity index (χ2n) is 9.06. The summed E-state index contributed by atoms with van der Waals surface area (Å²) in [6.45, 7) is 7.14. The highest BCUT2D eigenvalue weighted by Crippen LogP contribution is 2.27. The zero-order valence-electron chi connectivity index (χ0n) is 20.4. The molecule has 11 heteroatoms. The maximum atomic E-state index is 14.8. The number of hydrogen-bond acceptors (Lipinski definition) is 6. The largest absolute Gasteiger partial charge is 0.489 e. The van der Waals surface area contributed by atoms with E-state index < -0.39 is 27.9 Å². The molecule has 3 rings (SSSR count). The molecule has 0 aliphatic carbocycles. The molecule has 0 spiro atoms. The molecule has 0 aromatic heterocycles. The predicted octanol–water partition coefficient (Wildman–Crippen LogP) is 3.88. The number of carboxylic acid groups (broad SMARTS) is 1. The van der Waals surface area contributed by atoms with E-state index in [-0.39, 0.29) is 29.5 Å². The Morgan fingerprint density at radius 1 is 1.19 bits per heavy atom. The Morgan fingerprint density at radius 2 is 1.86 bits per heavy atom. The minimum absolute atomic E-state index is 0.0519. The average Bonchev–Trinajstić information content (AvgIpc) is 2.83. The van der Waals surface area contributed by atoms with Crippen molar-refractivity contribution in [1.82, 2.24) is 9.21 Å². The van der Waals surface area contributed by atoms with Crippen LogP contribution in [0, 0.1) is 11.7 Å². The highest BCUT2D eigenvalue weighted by molar-refractivity contribution is 7.89. The summed E-state index contributed by atoms with van der Waals surface area (Å²) in [5.74, 6) is -1.96. The van der Waals surface area contributed by atoms with Crippen LogP contribution in [0.1, 0.15) is 25.8 Å². The normalized spacial score (nSPS) is 15.8. The van der Waals surface area contributed by atoms with E-state index in [4.69, 9.17) is 21.1 Å². The molecule has 8 nitrogen and oxygen atoms in total. The third-order valence-electron chi connectivity index (χ3n) is 5.85. The van der Waals surface area contributed by atoms with Crippen LogP contribution in [0.3, 0.4) is 0 Å². The van der Waals surface area contributed by atoms with Gasteiger partial charge in [0.1, 0.15) is 12.6 Å². The van der Waals surface area contributed by atoms with Crippen molar-refractivity contribution in [3.05, 3.63) is 58.9 Å². The summed E-state index contributed by atoms with van der Waals surface area (Å²) >= 11 is 5.90. The Labute approximate surface area is 216 Å². The fraction of sp³-hybridized carbons (Fsp3) is 0.480. The van der Waals surface area contributed by atoms with Crippen molar-refractivity contribution >= 4 is 27.6 Å². The van der Waals surface area contributed by atoms with Crippen molar-refractivity contribution in [2.24, 2.45) is 5.92 Å². The fourth-order valence-corrected chi connectivity index (χ4v) is 5.65. The van der Waals surface area contributed by atoms with Crippen LogP contribution in [0.25, 0.3) is 0 Å². The number of morpholine rings is 1. The van der Waals surface area contributed by atoms with Gasteiger partial charge in [-0.2, -0.15) is 4.31 Å². The number of halogens is 2. The first-order chi connectivity index (χ1) is 17.1. The van der Waals surface area contributed by atoms with E-state index in [0.29, 0.717) is 37.0 Å². The Morgan fingerprint density at radius 3 is 2.44 bits per heavy atom. The number of ether oxygens (including phenoxy) is 2. The van der Waals surface area contributed by atoms with Crippen LogP contribution in [0.15, 0.2) is 47.4 Å². The molecular formula is C25H32ClFN2O6S. The first-order valence-corrected chi connectivity index (χ1v) is 13.6. The van der Waals surface area contributed by atoms with Gasteiger partial charge in [0.15, 0.2) is 11.6 Å². The zero-order valence-corrected chi connectivity index (χ0v) is 22.0. The molecule has 36 heavy (non-hydrogen) atoms. The van der Waals surface area contributed by atoms with Crippen molar-refractivity contribution in [3.63, 3.8) is 0 Å². The van der Waals surface area contributed by atoms with Crippen molar-refractivity contribution in [2.45, 2.75) is 37.8 Å². The fourth-order valence-electron chi connectivity index (χ4n) is 3.94. The number of carbonyl (C=O) groups is 1. The lowest BCUT2D eigenvalue weighted by Crippen LogP contribution is -2.45. The molecule has 2 aromatic carbocycles. The molecule has 0 radical (unpaired) electrons. The van der Waals surface area contributed by atoms with Gasteiger partial charge in [0, 0.05) is 31.2 Å². The third-order valence-corrected chi connectivity index (χ3v) is 7.97. The average molecular weight is 543 g/mol. The van der Waals surface area contributed by atoms with Gasteiger partial charge < -0.3 is 14.6 Å². The molecule has 0 amide bonds. The summed E-state index contributed by atoms with van der Waals surface area (Å²) in [6, 6.07) is 8.33. The molecule has 1 aliphatic rings. The summed E-state index contributed by atoms with van der Waals surface area (Å²) in [5, 5.41) is 10.2. The van der Waals surface area contributed by atoms with Gasteiger partial charge in [-0.1, -0.05) is 31.5 Å². The summed E-state index contributed by atoms with van der Waals surface area (Å²) in [6.07, 6.45) is 0.0906. The van der Waals surface area contributed by atoms with Gasteiger partial charge in [-0.25, -0.2) is 12.8 Å². The molecule has 1 saturated heterocycles. The minimum atomic E-state index is -4.23. The van der Waals surface area contributed by atoms with E-state index in [1.807, 2.05) is 13.8 Å². The van der Waals surface area contributed by atoms with Crippen molar-refractivity contribution in [2.75, 3.05) is 39.5 Å². The molecule has 0 saturated carbocycles. The maximum absolute atomic E-state index is 14.8. The van der Waals surface area contributed by atoms with Crippen LogP contribution in [0.5, 0.6) is 5.75 Å². The summed E-state index contributed by atoms with van der Waals surface area (Å²) < 4.78 is 53.7. The molecule has 1 heterocycles. The quantitative estimate of drug-likeness (QED) is 0.435. The number of benzene rings is 2. The first kappa shape index (κ1) is 28.3. The van der Waals surface area contributed by atoms with Crippen LogP contribution in [-0.2, 0) is 26.1 Å². The highest BCUT2D eigenvalue weighted by atomic mass is 35.5. The second-order valence-corrected chi connectivity index (χ2v) is 11.4. The maximum Gasteiger partial charge on any atom is 0.322 e. The Hall–Kier alpha value is -2.24. The van der Waals surface area contributed by atoms with Crippen LogP contribution in [0.4, 0.5) is 4.39 Å². The molecular weight excluding hydrogens is 511 g/mol. The number of sulfonamides is 1. The Balaban J connectivity index is 1.81. The summed E-state index contributed by atoms with van der Waals surface area (Å²) in [5.41, 5.74) is 0.306. The molecule has 0 bridgehead atoms. The zero-order chi connectivity index (χ0) is 26.3. The number of nitrogens with zero attached hydrogens (tertiary/aromatic N) is 2. The SMILES string of the molecule is CC(C)C[C@H](C(=O)O)N(Cc1ccc(OCCN2CCOCC2)c(F)c1)S(=O)(=O)c1ccc(Cl)cc1. The van der Waals surface area contributed by atoms with E-state index in [1.165, 1.54) is 36.4 Å². The van der Waals surface area contributed by atoms with Crippen LogP contribution < -0.4 is 4.74 Å². The molecule has 1 aliphatic heterocycles. The first-order valence-electron chi connectivity index (χ1n) is 11.8. The Bertz CT molecular complexity index is 1120. The molecule has 1 atom stereocenters. The third kappa shape index (κ3) is 7.63. The minimum Gasteiger partial charge on any atom is -0.489 e. The number of hydrogen-bond donors (Lipinski definition) is 1. The van der Waals surface area contributed by atoms with Crippen LogP contribution >= 0.6 is 11.6 Å². The van der Waals surface area contributed by atoms with Crippen molar-refractivity contribution in [1.29, 1.82) is 0 Å². The van der Waals surface area contributed by atoms with Crippen molar-refractivity contribution < 1.29 is 32.2 Å². The lowest BCUT2D eigenvalue weighted by atomic mass is 10.0. The Kier molecular flexibility index (Phi) is 10.1. The predicted molar refractivity (Wildman–Crippen MR) is 134 cm³/mol. The van der Waals surface area contributed by atoms with E-state index in [9.17, 15) is 22.7 Å². The molecule has 198 valence electrons. The molecule has 1 N–H and O–H groups in total. The van der Waals surface area contributed by atoms with Crippen LogP contribution in [0.2, 0.25) is 5.02 Å². The molecule has 2 aromatic rings. The number of aliphatic carboxylic acids is 1. The van der Waals surface area contributed by atoms with Gasteiger partial charge in [-0.15, -0.1) is 0 Å². The van der Waals surface area contributed by atoms with E-state index in [1.54, 1.807) is 6.07 Å². The standard InChI is InChI=1S/C25H32ClFN2O6S/c1-18(2)15-23(25(30)31)29(36(32,33)21-6-4-20(26)5-7-21)17-19-3-8-24(22(27)16-19)35-14-11-28-9-12-34-13-10-28/h3-8,16,18,23H,9-15,17H2,1-2H3,(H,30,31)/t23-/m1/s1.